The molecule has 1 rings (SSSR count). The Morgan fingerprint density at radius 1 is 1.00 bits per heavy atom. The van der Waals surface area contributed by atoms with Gasteiger partial charge in [-0.25, -0.2) is 0 Å². The van der Waals surface area contributed by atoms with Crippen molar-refractivity contribution in [2.75, 3.05) is 0 Å². The molecule has 0 bridgehead atoms. The lowest BCUT2D eigenvalue weighted by Crippen LogP contribution is -2.45. The van der Waals surface area contributed by atoms with E-state index in [1.807, 2.05) is 0 Å². The average Bonchev–Trinajstić information content (AvgIpc) is 2.26. The topological polar surface area (TPSA) is 20.2 Å². The highest BCUT2D eigenvalue weighted by molar-refractivity contribution is 4.93. The van der Waals surface area contributed by atoms with Gasteiger partial charge in [-0.2, -0.15) is 0 Å². The quantitative estimate of drug-likeness (QED) is 0.705. The molecule has 0 aromatic heterocycles. The molecule has 0 aromatic rings. The minimum Gasteiger partial charge on any atom is -0.390 e. The lowest BCUT2D eigenvalue weighted by Gasteiger charge is -2.45. The van der Waals surface area contributed by atoms with Crippen LogP contribution in [0.2, 0.25) is 0 Å². The standard InChI is InChI=1S/C17H34O/c1-6-15-9-7-8-10-16(15)17(18,11-13(2)3)12-14(4)5/h13-16,18H,6-12H2,1-5H3. The molecule has 2 unspecified atom stereocenters. The second-order valence-electron chi connectivity index (χ2n) is 7.36. The van der Waals surface area contributed by atoms with Crippen LogP contribution in [0.1, 0.15) is 79.6 Å². The summed E-state index contributed by atoms with van der Waals surface area (Å²) in [6.07, 6.45) is 8.46. The zero-order valence-electron chi connectivity index (χ0n) is 13.2. The molecule has 0 amide bonds. The van der Waals surface area contributed by atoms with Gasteiger partial charge in [-0.15, -0.1) is 0 Å². The van der Waals surface area contributed by atoms with E-state index in [-0.39, 0.29) is 0 Å². The molecule has 108 valence electrons. The lowest BCUT2D eigenvalue weighted by molar-refractivity contribution is -0.0854. The highest BCUT2D eigenvalue weighted by Gasteiger charge is 2.42. The van der Waals surface area contributed by atoms with Gasteiger partial charge in [0.25, 0.3) is 0 Å². The zero-order chi connectivity index (χ0) is 13.8. The summed E-state index contributed by atoms with van der Waals surface area (Å²) in [6.45, 7) is 11.3. The van der Waals surface area contributed by atoms with Crippen molar-refractivity contribution in [1.82, 2.24) is 0 Å². The zero-order valence-corrected chi connectivity index (χ0v) is 13.2. The largest absolute Gasteiger partial charge is 0.390 e. The van der Waals surface area contributed by atoms with Gasteiger partial charge in [0.2, 0.25) is 0 Å². The van der Waals surface area contributed by atoms with E-state index >= 15 is 0 Å². The first-order valence-corrected chi connectivity index (χ1v) is 8.11. The monoisotopic (exact) mass is 254 g/mol. The SMILES string of the molecule is CCC1CCCCC1C(O)(CC(C)C)CC(C)C. The number of aliphatic hydroxyl groups is 1. The van der Waals surface area contributed by atoms with Crippen LogP contribution in [0, 0.1) is 23.7 Å². The van der Waals surface area contributed by atoms with Crippen LogP contribution < -0.4 is 0 Å². The molecule has 1 aliphatic carbocycles. The molecule has 1 saturated carbocycles. The Kier molecular flexibility index (Phi) is 6.17. The van der Waals surface area contributed by atoms with Crippen LogP contribution >= 0.6 is 0 Å². The van der Waals surface area contributed by atoms with E-state index in [1.165, 1.54) is 32.1 Å². The maximum atomic E-state index is 11.3. The van der Waals surface area contributed by atoms with Gasteiger partial charge in [-0.3, -0.25) is 0 Å². The van der Waals surface area contributed by atoms with Crippen molar-refractivity contribution in [1.29, 1.82) is 0 Å². The molecule has 1 fully saturated rings. The van der Waals surface area contributed by atoms with Gasteiger partial charge < -0.3 is 5.11 Å². The predicted molar refractivity (Wildman–Crippen MR) is 79.6 cm³/mol. The Balaban J connectivity index is 2.84. The van der Waals surface area contributed by atoms with Gasteiger partial charge in [-0.1, -0.05) is 60.3 Å². The van der Waals surface area contributed by atoms with E-state index in [0.717, 1.165) is 18.8 Å². The second-order valence-corrected chi connectivity index (χ2v) is 7.36. The second kappa shape index (κ2) is 6.93. The van der Waals surface area contributed by atoms with Crippen LogP contribution in [0.15, 0.2) is 0 Å². The summed E-state index contributed by atoms with van der Waals surface area (Å²) in [6, 6.07) is 0. The van der Waals surface area contributed by atoms with E-state index in [9.17, 15) is 5.11 Å². The summed E-state index contributed by atoms with van der Waals surface area (Å²) in [5.41, 5.74) is -0.413. The van der Waals surface area contributed by atoms with Crippen LogP contribution in [-0.2, 0) is 0 Å². The first-order valence-electron chi connectivity index (χ1n) is 8.11. The fourth-order valence-corrected chi connectivity index (χ4v) is 4.20. The minimum atomic E-state index is -0.413. The summed E-state index contributed by atoms with van der Waals surface area (Å²) in [5.74, 6) is 2.48. The molecule has 0 heterocycles. The van der Waals surface area contributed by atoms with Gasteiger partial charge in [0.05, 0.1) is 5.60 Å². The molecule has 0 aromatic carbocycles. The maximum Gasteiger partial charge on any atom is 0.0683 e. The first kappa shape index (κ1) is 16.0. The summed E-state index contributed by atoms with van der Waals surface area (Å²) in [5, 5.41) is 11.3. The Morgan fingerprint density at radius 2 is 1.50 bits per heavy atom. The molecule has 1 nitrogen and oxygen atoms in total. The molecular weight excluding hydrogens is 220 g/mol. The van der Waals surface area contributed by atoms with Crippen molar-refractivity contribution < 1.29 is 5.11 Å². The third-order valence-electron chi connectivity index (χ3n) is 4.65. The van der Waals surface area contributed by atoms with Crippen molar-refractivity contribution in [3.8, 4) is 0 Å². The third kappa shape index (κ3) is 4.26. The average molecular weight is 254 g/mol. The van der Waals surface area contributed by atoms with Gasteiger partial charge in [0.1, 0.15) is 0 Å². The van der Waals surface area contributed by atoms with Crippen LogP contribution in [0.25, 0.3) is 0 Å². The molecule has 1 N–H and O–H groups in total. The molecule has 0 radical (unpaired) electrons. The highest BCUT2D eigenvalue weighted by atomic mass is 16.3. The Bertz CT molecular complexity index is 222. The van der Waals surface area contributed by atoms with Crippen LogP contribution in [0.4, 0.5) is 0 Å². The summed E-state index contributed by atoms with van der Waals surface area (Å²) in [4.78, 5) is 0. The molecule has 0 saturated heterocycles. The summed E-state index contributed by atoms with van der Waals surface area (Å²) in [7, 11) is 0. The van der Waals surface area contributed by atoms with Gasteiger partial charge in [0.15, 0.2) is 0 Å². The van der Waals surface area contributed by atoms with E-state index in [2.05, 4.69) is 34.6 Å². The Hall–Kier alpha value is -0.0400. The van der Waals surface area contributed by atoms with Gasteiger partial charge >= 0.3 is 0 Å². The van der Waals surface area contributed by atoms with Crippen molar-refractivity contribution in [3.05, 3.63) is 0 Å². The predicted octanol–water partition coefficient (Wildman–Crippen LogP) is 5.03. The van der Waals surface area contributed by atoms with Crippen LogP contribution in [0.3, 0.4) is 0 Å². The summed E-state index contributed by atoms with van der Waals surface area (Å²) < 4.78 is 0. The minimum absolute atomic E-state index is 0.413. The van der Waals surface area contributed by atoms with Gasteiger partial charge in [0, 0.05) is 0 Å². The van der Waals surface area contributed by atoms with E-state index in [0.29, 0.717) is 17.8 Å². The van der Waals surface area contributed by atoms with Crippen molar-refractivity contribution in [3.63, 3.8) is 0 Å². The molecule has 18 heavy (non-hydrogen) atoms. The number of hydrogen-bond donors (Lipinski definition) is 1. The van der Waals surface area contributed by atoms with E-state index in [1.54, 1.807) is 0 Å². The Labute approximate surface area is 114 Å². The first-order chi connectivity index (χ1) is 8.39. The van der Waals surface area contributed by atoms with Crippen molar-refractivity contribution >= 4 is 0 Å². The van der Waals surface area contributed by atoms with Crippen LogP contribution in [0.5, 0.6) is 0 Å². The fraction of sp³-hybridized carbons (Fsp3) is 1.00. The molecule has 1 aliphatic rings. The third-order valence-corrected chi connectivity index (χ3v) is 4.65. The Morgan fingerprint density at radius 3 is 1.94 bits per heavy atom. The van der Waals surface area contributed by atoms with Gasteiger partial charge in [-0.05, 0) is 42.9 Å². The number of rotatable bonds is 6. The smallest absolute Gasteiger partial charge is 0.0683 e. The number of hydrogen-bond acceptors (Lipinski definition) is 1. The van der Waals surface area contributed by atoms with Crippen molar-refractivity contribution in [2.45, 2.75) is 85.2 Å². The molecule has 1 heteroatoms. The molecule has 0 spiro atoms. The van der Waals surface area contributed by atoms with Crippen molar-refractivity contribution in [2.24, 2.45) is 23.7 Å². The normalized spacial score (nSPS) is 26.0. The molecule has 2 atom stereocenters. The summed E-state index contributed by atoms with van der Waals surface area (Å²) >= 11 is 0. The maximum absolute atomic E-state index is 11.3. The molecule has 0 aliphatic heterocycles. The van der Waals surface area contributed by atoms with E-state index < -0.39 is 5.60 Å². The molecular formula is C17H34O. The fourth-order valence-electron chi connectivity index (χ4n) is 4.20. The van der Waals surface area contributed by atoms with E-state index in [4.69, 9.17) is 0 Å². The van der Waals surface area contributed by atoms with Crippen LogP contribution in [-0.4, -0.2) is 10.7 Å². The lowest BCUT2D eigenvalue weighted by atomic mass is 9.64. The highest BCUT2D eigenvalue weighted by Crippen LogP contribution is 2.44.